The van der Waals surface area contributed by atoms with Crippen molar-refractivity contribution in [1.82, 2.24) is 14.8 Å². The molecule has 4 aromatic rings. The van der Waals surface area contributed by atoms with Gasteiger partial charge < -0.3 is 14.9 Å². The quantitative estimate of drug-likeness (QED) is 0.374. The molecule has 1 saturated carbocycles. The summed E-state index contributed by atoms with van der Waals surface area (Å²) in [6.07, 6.45) is 8.69. The van der Waals surface area contributed by atoms with Gasteiger partial charge in [-0.1, -0.05) is 17.7 Å². The lowest BCUT2D eigenvalue weighted by atomic mass is 9.83. The third kappa shape index (κ3) is 3.59. The van der Waals surface area contributed by atoms with Crippen LogP contribution in [0.15, 0.2) is 45.9 Å². The van der Waals surface area contributed by atoms with Crippen LogP contribution in [0.2, 0.25) is 5.02 Å². The molecule has 3 heterocycles. The zero-order valence-corrected chi connectivity index (χ0v) is 17.5. The number of carbonyl (C=O) groups excluding carboxylic acids is 1. The summed E-state index contributed by atoms with van der Waals surface area (Å²) < 4.78 is 7.82. The zero-order chi connectivity index (χ0) is 21.5. The first-order valence-corrected chi connectivity index (χ1v) is 10.7. The lowest BCUT2D eigenvalue weighted by Crippen LogP contribution is -2.19. The average Bonchev–Trinajstić information content (AvgIpc) is 3.23. The van der Waals surface area contributed by atoms with Crippen LogP contribution in [-0.4, -0.2) is 21.1 Å². The number of pyridine rings is 1. The van der Waals surface area contributed by atoms with Gasteiger partial charge >= 0.3 is 0 Å². The molecule has 1 aliphatic rings. The van der Waals surface area contributed by atoms with Gasteiger partial charge in [-0.15, -0.1) is 0 Å². The van der Waals surface area contributed by atoms with Crippen LogP contribution in [0.4, 0.5) is 5.82 Å². The van der Waals surface area contributed by atoms with E-state index in [9.17, 15) is 9.59 Å². The highest BCUT2D eigenvalue weighted by Gasteiger charge is 2.22. The Morgan fingerprint density at radius 3 is 2.81 bits per heavy atom. The van der Waals surface area contributed by atoms with E-state index in [1.165, 1.54) is 0 Å². The molecule has 0 bridgehead atoms. The lowest BCUT2D eigenvalue weighted by Gasteiger charge is -2.25. The van der Waals surface area contributed by atoms with E-state index in [0.29, 0.717) is 33.1 Å². The molecule has 1 aromatic carbocycles. The SMILES string of the molecule is Nc1nc2c(=O)c3c(Cl)cccc3oc2cc1-c1cnn(C[C@H]2CC[C@H](C=O)CC2)c1. The Hall–Kier alpha value is -3.19. The van der Waals surface area contributed by atoms with Crippen molar-refractivity contribution in [3.63, 3.8) is 0 Å². The second-order valence-electron chi connectivity index (χ2n) is 8.18. The molecule has 1 fully saturated rings. The molecule has 0 saturated heterocycles. The van der Waals surface area contributed by atoms with E-state index in [4.69, 9.17) is 21.8 Å². The smallest absolute Gasteiger partial charge is 0.220 e. The largest absolute Gasteiger partial charge is 0.454 e. The number of aldehydes is 1. The van der Waals surface area contributed by atoms with Crippen LogP contribution >= 0.6 is 11.6 Å². The van der Waals surface area contributed by atoms with Crippen molar-refractivity contribution in [1.29, 1.82) is 0 Å². The van der Waals surface area contributed by atoms with Crippen molar-refractivity contribution in [2.45, 2.75) is 32.2 Å². The van der Waals surface area contributed by atoms with Gasteiger partial charge in [0, 0.05) is 29.8 Å². The highest BCUT2D eigenvalue weighted by atomic mass is 35.5. The van der Waals surface area contributed by atoms with E-state index in [2.05, 4.69) is 10.1 Å². The molecule has 1 aliphatic carbocycles. The lowest BCUT2D eigenvalue weighted by molar-refractivity contribution is -0.112. The minimum absolute atomic E-state index is 0.154. The molecule has 0 spiro atoms. The molecular formula is C23H21ClN4O3. The molecule has 5 rings (SSSR count). The Balaban J connectivity index is 1.48. The standard InChI is InChI=1S/C23H21ClN4O3/c24-17-2-1-3-18-20(17)22(30)21-19(31-18)8-16(23(25)27-21)15-9-26-28(11-15)10-13-4-6-14(12-29)7-5-13/h1-3,8-9,11-14H,4-7,10H2,(H2,25,27)/t13-,14-. The third-order valence-corrected chi connectivity index (χ3v) is 6.44. The fourth-order valence-electron chi connectivity index (χ4n) is 4.40. The summed E-state index contributed by atoms with van der Waals surface area (Å²) in [7, 11) is 0. The normalized spacial score (nSPS) is 19.1. The van der Waals surface area contributed by atoms with Crippen molar-refractivity contribution < 1.29 is 9.21 Å². The predicted octanol–water partition coefficient (Wildman–Crippen LogP) is 4.45. The van der Waals surface area contributed by atoms with Crippen LogP contribution in [0.1, 0.15) is 25.7 Å². The number of anilines is 1. The predicted molar refractivity (Wildman–Crippen MR) is 120 cm³/mol. The van der Waals surface area contributed by atoms with Gasteiger partial charge in [-0.2, -0.15) is 5.10 Å². The highest BCUT2D eigenvalue weighted by Crippen LogP contribution is 2.32. The van der Waals surface area contributed by atoms with Gasteiger partial charge in [0.15, 0.2) is 11.1 Å². The molecule has 7 nitrogen and oxygen atoms in total. The van der Waals surface area contributed by atoms with Crippen LogP contribution in [0.25, 0.3) is 33.2 Å². The van der Waals surface area contributed by atoms with Crippen LogP contribution in [-0.2, 0) is 11.3 Å². The maximum Gasteiger partial charge on any atom is 0.220 e. The second kappa shape index (κ2) is 7.81. The van der Waals surface area contributed by atoms with E-state index < -0.39 is 0 Å². The topological polar surface area (TPSA) is 104 Å². The van der Waals surface area contributed by atoms with Gasteiger partial charge in [0.1, 0.15) is 17.7 Å². The van der Waals surface area contributed by atoms with Crippen molar-refractivity contribution in [3.05, 3.63) is 51.9 Å². The molecular weight excluding hydrogens is 416 g/mol. The summed E-state index contributed by atoms with van der Waals surface area (Å²) in [4.78, 5) is 28.2. The summed E-state index contributed by atoms with van der Waals surface area (Å²) >= 11 is 6.18. The van der Waals surface area contributed by atoms with Crippen molar-refractivity contribution in [2.24, 2.45) is 11.8 Å². The molecule has 0 atom stereocenters. The number of nitrogens with two attached hydrogens (primary N) is 1. The Kier molecular flexibility index (Phi) is 4.98. The summed E-state index contributed by atoms with van der Waals surface area (Å²) in [6.45, 7) is 0.796. The van der Waals surface area contributed by atoms with E-state index in [1.807, 2.05) is 10.9 Å². The first-order chi connectivity index (χ1) is 15.0. The van der Waals surface area contributed by atoms with Gasteiger partial charge in [0.2, 0.25) is 5.43 Å². The number of carbonyl (C=O) groups is 1. The first-order valence-electron chi connectivity index (χ1n) is 10.3. The number of benzene rings is 1. The van der Waals surface area contributed by atoms with Gasteiger partial charge in [0.05, 0.1) is 16.6 Å². The average molecular weight is 437 g/mol. The molecule has 3 aromatic heterocycles. The molecule has 0 radical (unpaired) electrons. The molecule has 8 heteroatoms. The van der Waals surface area contributed by atoms with Crippen molar-refractivity contribution in [3.8, 4) is 11.1 Å². The van der Waals surface area contributed by atoms with Gasteiger partial charge in [-0.25, -0.2) is 4.98 Å². The van der Waals surface area contributed by atoms with Crippen molar-refractivity contribution >= 4 is 45.8 Å². The number of hydrogen-bond donors (Lipinski definition) is 1. The fourth-order valence-corrected chi connectivity index (χ4v) is 4.65. The summed E-state index contributed by atoms with van der Waals surface area (Å²) in [5.74, 6) is 0.941. The summed E-state index contributed by atoms with van der Waals surface area (Å²) in [5, 5.41) is 5.10. The van der Waals surface area contributed by atoms with Crippen molar-refractivity contribution in [2.75, 3.05) is 5.73 Å². The molecule has 31 heavy (non-hydrogen) atoms. The molecule has 158 valence electrons. The van der Waals surface area contributed by atoms with E-state index in [1.54, 1.807) is 30.5 Å². The van der Waals surface area contributed by atoms with E-state index in [-0.39, 0.29) is 22.7 Å². The Bertz CT molecular complexity index is 1350. The number of hydrogen-bond acceptors (Lipinski definition) is 6. The van der Waals surface area contributed by atoms with Crippen LogP contribution in [0, 0.1) is 11.8 Å². The monoisotopic (exact) mass is 436 g/mol. The number of halogens is 1. The van der Waals surface area contributed by atoms with E-state index >= 15 is 0 Å². The first kappa shape index (κ1) is 19.8. The number of nitrogens with zero attached hydrogens (tertiary/aromatic N) is 3. The maximum absolute atomic E-state index is 12.9. The van der Waals surface area contributed by atoms with Gasteiger partial charge in [-0.05, 0) is 49.8 Å². The molecule has 0 aliphatic heterocycles. The minimum Gasteiger partial charge on any atom is -0.454 e. The molecule has 0 amide bonds. The Morgan fingerprint density at radius 2 is 2.03 bits per heavy atom. The number of fused-ring (bicyclic) bond motifs is 2. The second-order valence-corrected chi connectivity index (χ2v) is 8.59. The number of rotatable bonds is 4. The van der Waals surface area contributed by atoms with Crippen LogP contribution in [0.3, 0.4) is 0 Å². The Labute approximate surface area is 182 Å². The van der Waals surface area contributed by atoms with Gasteiger partial charge in [-0.3, -0.25) is 9.48 Å². The molecule has 2 N–H and O–H groups in total. The maximum atomic E-state index is 12.9. The highest BCUT2D eigenvalue weighted by molar-refractivity contribution is 6.35. The van der Waals surface area contributed by atoms with Crippen LogP contribution in [0.5, 0.6) is 0 Å². The minimum atomic E-state index is -0.304. The number of aromatic nitrogens is 3. The zero-order valence-electron chi connectivity index (χ0n) is 16.8. The summed E-state index contributed by atoms with van der Waals surface area (Å²) in [6, 6.07) is 6.81. The number of nitrogen functional groups attached to an aromatic ring is 1. The van der Waals surface area contributed by atoms with Gasteiger partial charge in [0.25, 0.3) is 0 Å². The Morgan fingerprint density at radius 1 is 1.23 bits per heavy atom. The van der Waals surface area contributed by atoms with Crippen LogP contribution < -0.4 is 11.2 Å². The third-order valence-electron chi connectivity index (χ3n) is 6.13. The molecule has 0 unspecified atom stereocenters. The van der Waals surface area contributed by atoms with E-state index in [0.717, 1.165) is 44.1 Å². The fraction of sp³-hybridized carbons (Fsp3) is 0.304. The summed E-state index contributed by atoms with van der Waals surface area (Å²) in [5.41, 5.74) is 8.27.